The van der Waals surface area contributed by atoms with Crippen LogP contribution >= 0.6 is 0 Å². The van der Waals surface area contributed by atoms with Crippen molar-refractivity contribution in [3.8, 4) is 11.8 Å². The first kappa shape index (κ1) is 13.7. The van der Waals surface area contributed by atoms with Crippen LogP contribution in [0.2, 0.25) is 0 Å². The minimum absolute atomic E-state index is 0.0728. The quantitative estimate of drug-likeness (QED) is 0.382. The number of hydrogen-bond donors (Lipinski definition) is 1. The fraction of sp³-hybridized carbons (Fsp3) is 0.308. The van der Waals surface area contributed by atoms with Gasteiger partial charge in [-0.15, -0.1) is 0 Å². The highest BCUT2D eigenvalue weighted by Gasteiger charge is 2.09. The number of nitro groups is 1. The number of carbonyl (C=O) groups excluding carboxylic acids is 1. The first-order valence-electron chi connectivity index (χ1n) is 5.49. The van der Waals surface area contributed by atoms with E-state index in [1.807, 2.05) is 0 Å². The molecule has 1 aromatic carbocycles. The van der Waals surface area contributed by atoms with Crippen LogP contribution in [-0.2, 0) is 4.79 Å². The zero-order valence-corrected chi connectivity index (χ0v) is 10.3. The molecule has 1 aromatic rings. The fourth-order valence-corrected chi connectivity index (χ4v) is 1.35. The van der Waals surface area contributed by atoms with Crippen LogP contribution in [0, 0.1) is 28.9 Å². The third kappa shape index (κ3) is 4.26. The van der Waals surface area contributed by atoms with Gasteiger partial charge in [0.15, 0.2) is 0 Å². The van der Waals surface area contributed by atoms with Crippen molar-refractivity contribution < 1.29 is 9.72 Å². The number of amides is 1. The first-order valence-corrected chi connectivity index (χ1v) is 5.49. The number of nitro benzene ring substituents is 1. The molecule has 18 heavy (non-hydrogen) atoms. The van der Waals surface area contributed by atoms with Crippen LogP contribution in [0.25, 0.3) is 0 Å². The molecule has 1 rings (SSSR count). The Kier molecular flexibility index (Phi) is 4.88. The van der Waals surface area contributed by atoms with Gasteiger partial charge in [0.25, 0.3) is 5.69 Å². The van der Waals surface area contributed by atoms with Crippen molar-refractivity contribution >= 4 is 11.6 Å². The maximum Gasteiger partial charge on any atom is 0.273 e. The summed E-state index contributed by atoms with van der Waals surface area (Å²) in [5, 5.41) is 13.4. The Labute approximate surface area is 105 Å². The number of carbonyl (C=O) groups is 1. The highest BCUT2D eigenvalue weighted by Crippen LogP contribution is 2.18. The largest absolute Gasteiger partial charge is 0.355 e. The summed E-state index contributed by atoms with van der Waals surface area (Å²) in [5.74, 6) is 5.60. The number of hydrogen-bond acceptors (Lipinski definition) is 3. The zero-order chi connectivity index (χ0) is 13.5. The lowest BCUT2D eigenvalue weighted by molar-refractivity contribution is -0.385. The van der Waals surface area contributed by atoms with Gasteiger partial charge in [-0.3, -0.25) is 14.9 Å². The van der Waals surface area contributed by atoms with Crippen molar-refractivity contribution in [2.24, 2.45) is 0 Å². The summed E-state index contributed by atoms with van der Waals surface area (Å²) in [5.41, 5.74) is 1.29. The van der Waals surface area contributed by atoms with E-state index in [2.05, 4.69) is 17.2 Å². The van der Waals surface area contributed by atoms with Gasteiger partial charge in [-0.05, 0) is 13.0 Å². The van der Waals surface area contributed by atoms with Gasteiger partial charge >= 0.3 is 0 Å². The molecule has 0 aliphatic rings. The van der Waals surface area contributed by atoms with Crippen LogP contribution < -0.4 is 5.32 Å². The van der Waals surface area contributed by atoms with Crippen LogP contribution in [0.1, 0.15) is 24.5 Å². The molecule has 1 amide bonds. The van der Waals surface area contributed by atoms with Gasteiger partial charge in [0.1, 0.15) is 0 Å². The number of rotatable bonds is 3. The van der Waals surface area contributed by atoms with Crippen molar-refractivity contribution in [2.45, 2.75) is 20.3 Å². The van der Waals surface area contributed by atoms with E-state index in [0.29, 0.717) is 24.1 Å². The van der Waals surface area contributed by atoms with Crippen molar-refractivity contribution in [3.63, 3.8) is 0 Å². The fourth-order valence-electron chi connectivity index (χ4n) is 1.35. The zero-order valence-electron chi connectivity index (χ0n) is 10.3. The first-order chi connectivity index (χ1) is 8.50. The third-order valence-electron chi connectivity index (χ3n) is 2.26. The molecule has 94 valence electrons. The third-order valence-corrected chi connectivity index (χ3v) is 2.26. The summed E-state index contributed by atoms with van der Waals surface area (Å²) >= 11 is 0. The molecule has 0 radical (unpaired) electrons. The lowest BCUT2D eigenvalue weighted by Gasteiger charge is -1.97. The highest BCUT2D eigenvalue weighted by molar-refractivity contribution is 5.72. The smallest absolute Gasteiger partial charge is 0.273 e. The van der Waals surface area contributed by atoms with Gasteiger partial charge in [-0.1, -0.05) is 17.9 Å². The molecule has 5 nitrogen and oxygen atoms in total. The van der Waals surface area contributed by atoms with Crippen LogP contribution in [0.4, 0.5) is 5.69 Å². The van der Waals surface area contributed by atoms with Crippen LogP contribution in [0.3, 0.4) is 0 Å². The minimum Gasteiger partial charge on any atom is -0.355 e. The van der Waals surface area contributed by atoms with Gasteiger partial charge < -0.3 is 5.32 Å². The molecule has 0 aliphatic carbocycles. The molecular weight excluding hydrogens is 232 g/mol. The Hall–Kier alpha value is -2.35. The van der Waals surface area contributed by atoms with E-state index in [4.69, 9.17) is 0 Å². The molecule has 0 unspecified atom stereocenters. The van der Waals surface area contributed by atoms with Gasteiger partial charge in [-0.25, -0.2) is 0 Å². The normalized spacial score (nSPS) is 9.22. The summed E-state index contributed by atoms with van der Waals surface area (Å²) in [6, 6.07) is 4.88. The molecule has 0 aromatic heterocycles. The Balaban J connectivity index is 2.68. The topological polar surface area (TPSA) is 72.2 Å². The van der Waals surface area contributed by atoms with E-state index >= 15 is 0 Å². The average Bonchev–Trinajstić information content (AvgIpc) is 2.30. The predicted molar refractivity (Wildman–Crippen MR) is 68.0 cm³/mol. The molecule has 0 fully saturated rings. The van der Waals surface area contributed by atoms with Crippen molar-refractivity contribution in [2.75, 3.05) is 6.54 Å². The highest BCUT2D eigenvalue weighted by atomic mass is 16.6. The molecule has 0 heterocycles. The standard InChI is InChI=1S/C13H14N2O3/c1-10-6-7-12(9-13(10)15(17)18)5-3-4-8-14-11(2)16/h6-7,9H,4,8H2,1-2H3,(H,14,16). The number of benzene rings is 1. The maximum absolute atomic E-state index is 10.7. The second kappa shape index (κ2) is 6.40. The molecule has 5 heteroatoms. The van der Waals surface area contributed by atoms with Crippen molar-refractivity contribution in [1.29, 1.82) is 0 Å². The van der Waals surface area contributed by atoms with E-state index in [9.17, 15) is 14.9 Å². The number of nitrogens with zero attached hydrogens (tertiary/aromatic N) is 1. The van der Waals surface area contributed by atoms with E-state index in [-0.39, 0.29) is 11.6 Å². The number of nitrogens with one attached hydrogen (secondary N) is 1. The van der Waals surface area contributed by atoms with E-state index < -0.39 is 4.92 Å². The van der Waals surface area contributed by atoms with E-state index in [1.54, 1.807) is 19.1 Å². The maximum atomic E-state index is 10.7. The van der Waals surface area contributed by atoms with Crippen molar-refractivity contribution in [3.05, 3.63) is 39.4 Å². The van der Waals surface area contributed by atoms with Crippen LogP contribution in [0.15, 0.2) is 18.2 Å². The summed E-state index contributed by atoms with van der Waals surface area (Å²) in [4.78, 5) is 20.9. The Bertz CT molecular complexity index is 527. The SMILES string of the molecule is CC(=O)NCCC#Cc1ccc(C)c([N+](=O)[O-])c1. The Morgan fingerprint density at radius 2 is 2.22 bits per heavy atom. The van der Waals surface area contributed by atoms with Gasteiger partial charge in [0.2, 0.25) is 5.91 Å². The molecule has 0 saturated heterocycles. The van der Waals surface area contributed by atoms with E-state index in [1.165, 1.54) is 13.0 Å². The molecule has 0 aliphatic heterocycles. The summed E-state index contributed by atoms with van der Waals surface area (Å²) < 4.78 is 0. The molecule has 0 saturated carbocycles. The van der Waals surface area contributed by atoms with Crippen molar-refractivity contribution in [1.82, 2.24) is 5.32 Å². The second-order valence-electron chi connectivity index (χ2n) is 3.79. The lowest BCUT2D eigenvalue weighted by Crippen LogP contribution is -2.20. The Morgan fingerprint density at radius 3 is 2.83 bits per heavy atom. The lowest BCUT2D eigenvalue weighted by atomic mass is 10.1. The summed E-state index contributed by atoms with van der Waals surface area (Å²) in [7, 11) is 0. The number of aryl methyl sites for hydroxylation is 1. The molecule has 0 bridgehead atoms. The van der Waals surface area contributed by atoms with Gasteiger partial charge in [-0.2, -0.15) is 0 Å². The molecule has 0 spiro atoms. The molecule has 0 atom stereocenters. The van der Waals surface area contributed by atoms with Crippen LogP contribution in [-0.4, -0.2) is 17.4 Å². The predicted octanol–water partition coefficient (Wildman–Crippen LogP) is 1.78. The monoisotopic (exact) mass is 246 g/mol. The van der Waals surface area contributed by atoms with Crippen LogP contribution in [0.5, 0.6) is 0 Å². The summed E-state index contributed by atoms with van der Waals surface area (Å²) in [6.45, 7) is 3.61. The molecular formula is C13H14N2O3. The van der Waals surface area contributed by atoms with E-state index in [0.717, 1.165) is 0 Å². The Morgan fingerprint density at radius 1 is 1.50 bits per heavy atom. The summed E-state index contributed by atoms with van der Waals surface area (Å²) in [6.07, 6.45) is 0.515. The van der Waals surface area contributed by atoms with Gasteiger partial charge in [0.05, 0.1) is 4.92 Å². The average molecular weight is 246 g/mol. The molecule has 1 N–H and O–H groups in total. The second-order valence-corrected chi connectivity index (χ2v) is 3.79. The van der Waals surface area contributed by atoms with Gasteiger partial charge in [0, 0.05) is 37.1 Å². The minimum atomic E-state index is -0.419.